The van der Waals surface area contributed by atoms with Gasteiger partial charge in [0.05, 0.1) is 0 Å². The Bertz CT molecular complexity index is 72.1. The van der Waals surface area contributed by atoms with Crippen molar-refractivity contribution in [3.8, 4) is 0 Å². The van der Waals surface area contributed by atoms with Crippen LogP contribution >= 0.6 is 0 Å². The number of nitrogens with zero attached hydrogens (tertiary/aromatic N) is 1. The van der Waals surface area contributed by atoms with Crippen LogP contribution < -0.4 is 0 Å². The maximum Gasteiger partial charge on any atom is 0.0348 e. The minimum atomic E-state index is 1.19. The molecular formula is C5H13NSi. The molecule has 0 spiro atoms. The molecule has 0 bridgehead atoms. The normalized spacial score (nSPS) is 12.1. The molecule has 0 fully saturated rings. The van der Waals surface area contributed by atoms with Crippen molar-refractivity contribution in [1.29, 1.82) is 0 Å². The second-order valence-corrected chi connectivity index (χ2v) is 3.75. The molecule has 0 radical (unpaired) electrons. The largest absolute Gasteiger partial charge is 0.384 e. The van der Waals surface area contributed by atoms with E-state index in [2.05, 4.69) is 18.0 Å². The van der Waals surface area contributed by atoms with Crippen LogP contribution in [0.4, 0.5) is 0 Å². The summed E-state index contributed by atoms with van der Waals surface area (Å²) in [5.74, 6) is 0. The van der Waals surface area contributed by atoms with E-state index in [1.165, 1.54) is 15.4 Å². The molecule has 0 aliphatic rings. The maximum absolute atomic E-state index is 2.15. The summed E-state index contributed by atoms with van der Waals surface area (Å²) in [5.41, 5.74) is 0. The molecule has 0 atom stereocenters. The first kappa shape index (κ1) is 6.76. The van der Waals surface area contributed by atoms with E-state index in [1.54, 1.807) is 0 Å². The molecule has 0 N–H and O–H groups in total. The van der Waals surface area contributed by atoms with E-state index in [1.807, 2.05) is 14.1 Å². The van der Waals surface area contributed by atoms with Crippen LogP contribution in [0.25, 0.3) is 0 Å². The molecule has 0 aliphatic heterocycles. The van der Waals surface area contributed by atoms with Crippen LogP contribution in [0.2, 0.25) is 0 Å². The fraction of sp³-hybridized carbons (Fsp3) is 0.600. The predicted molar refractivity (Wildman–Crippen MR) is 37.4 cm³/mol. The van der Waals surface area contributed by atoms with Crippen LogP contribution in [0.15, 0.2) is 11.4 Å². The van der Waals surface area contributed by atoms with Gasteiger partial charge in [-0.1, -0.05) is 5.20 Å². The smallest absolute Gasteiger partial charge is 0.0348 e. The Hall–Kier alpha value is -0.243. The Morgan fingerprint density at radius 2 is 2.00 bits per heavy atom. The van der Waals surface area contributed by atoms with Crippen LogP contribution in [0.5, 0.6) is 0 Å². The third kappa shape index (κ3) is 5.76. The summed E-state index contributed by atoms with van der Waals surface area (Å²) in [7, 11) is 5.27. The quantitative estimate of drug-likeness (QED) is 0.427. The average Bonchev–Trinajstić information content (AvgIpc) is 1.27. The molecule has 0 aromatic heterocycles. The maximum atomic E-state index is 2.15. The molecule has 0 rings (SSSR count). The predicted octanol–water partition coefficient (Wildman–Crippen LogP) is -0.225. The minimum Gasteiger partial charge on any atom is -0.384 e. The zero-order valence-corrected chi connectivity index (χ0v) is 7.52. The molecule has 0 unspecified atom stereocenters. The molecule has 0 saturated heterocycles. The Balaban J connectivity index is 3.45. The summed E-state index contributed by atoms with van der Waals surface area (Å²) in [6.07, 6.45) is 2.15. The Labute approximate surface area is 48.4 Å². The lowest BCUT2D eigenvalue weighted by Gasteiger charge is -2.03. The third-order valence-electron chi connectivity index (χ3n) is 0.516. The van der Waals surface area contributed by atoms with Gasteiger partial charge in [-0.15, -0.1) is 0 Å². The van der Waals surface area contributed by atoms with Crippen molar-refractivity contribution in [3.63, 3.8) is 0 Å². The van der Waals surface area contributed by atoms with E-state index in [4.69, 9.17) is 0 Å². The van der Waals surface area contributed by atoms with E-state index in [-0.39, 0.29) is 0 Å². The van der Waals surface area contributed by atoms with Gasteiger partial charge in [-0.05, 0) is 13.1 Å². The van der Waals surface area contributed by atoms with Crippen LogP contribution in [-0.2, 0) is 0 Å². The first-order valence-electron chi connectivity index (χ1n) is 2.44. The van der Waals surface area contributed by atoms with E-state index in [0.29, 0.717) is 0 Å². The molecule has 2 heteroatoms. The molecule has 0 heterocycles. The van der Waals surface area contributed by atoms with Crippen molar-refractivity contribution in [2.24, 2.45) is 0 Å². The molecule has 0 aliphatic carbocycles. The highest BCUT2D eigenvalue weighted by Crippen LogP contribution is 1.83. The highest BCUT2D eigenvalue weighted by Gasteiger charge is 1.75. The van der Waals surface area contributed by atoms with Gasteiger partial charge in [-0.3, -0.25) is 0 Å². The first-order chi connectivity index (χ1) is 3.13. The van der Waals surface area contributed by atoms with Crippen LogP contribution in [0.1, 0.15) is 6.92 Å². The zero-order chi connectivity index (χ0) is 5.86. The molecule has 7 heavy (non-hydrogen) atoms. The molecule has 42 valence electrons. The molecule has 1 nitrogen and oxygen atoms in total. The van der Waals surface area contributed by atoms with E-state index < -0.39 is 0 Å². The molecule has 0 aromatic carbocycles. The van der Waals surface area contributed by atoms with Crippen molar-refractivity contribution in [3.05, 3.63) is 11.4 Å². The second-order valence-electron chi connectivity index (χ2n) is 2.17. The Morgan fingerprint density at radius 3 is 2.00 bits per heavy atom. The summed E-state index contributed by atoms with van der Waals surface area (Å²) >= 11 is 0. The van der Waals surface area contributed by atoms with Gasteiger partial charge in [-0.2, -0.15) is 0 Å². The SMILES string of the molecule is C/C([SiH3])=C\N(C)C. The van der Waals surface area contributed by atoms with E-state index in [9.17, 15) is 0 Å². The summed E-state index contributed by atoms with van der Waals surface area (Å²) < 4.78 is 0. The lowest BCUT2D eigenvalue weighted by atomic mass is 10.6. The molecule has 0 amide bonds. The van der Waals surface area contributed by atoms with E-state index in [0.717, 1.165) is 0 Å². The molecule has 0 aromatic rings. The first-order valence-corrected chi connectivity index (χ1v) is 3.44. The minimum absolute atomic E-state index is 1.19. The second kappa shape index (κ2) is 2.85. The van der Waals surface area contributed by atoms with Gasteiger partial charge in [0, 0.05) is 24.3 Å². The van der Waals surface area contributed by atoms with Gasteiger partial charge in [0.15, 0.2) is 0 Å². The number of rotatable bonds is 1. The lowest BCUT2D eigenvalue weighted by Crippen LogP contribution is -2.01. The van der Waals surface area contributed by atoms with Crippen molar-refractivity contribution in [2.45, 2.75) is 6.92 Å². The number of hydrogen-bond acceptors (Lipinski definition) is 1. The fourth-order valence-corrected chi connectivity index (χ4v) is 1.03. The van der Waals surface area contributed by atoms with Gasteiger partial charge in [0.2, 0.25) is 0 Å². The average molecular weight is 115 g/mol. The molecule has 0 saturated carbocycles. The number of hydrogen-bond donors (Lipinski definition) is 0. The van der Waals surface area contributed by atoms with Crippen molar-refractivity contribution in [2.75, 3.05) is 14.1 Å². The summed E-state index contributed by atoms with van der Waals surface area (Å²) in [6.45, 7) is 2.15. The Morgan fingerprint density at radius 1 is 1.57 bits per heavy atom. The van der Waals surface area contributed by atoms with Gasteiger partial charge >= 0.3 is 0 Å². The lowest BCUT2D eigenvalue weighted by molar-refractivity contribution is 0.561. The zero-order valence-electron chi connectivity index (χ0n) is 5.52. The molecular weight excluding hydrogens is 102 g/mol. The fourth-order valence-electron chi connectivity index (χ4n) is 0.516. The van der Waals surface area contributed by atoms with E-state index >= 15 is 0 Å². The van der Waals surface area contributed by atoms with Crippen LogP contribution in [0.3, 0.4) is 0 Å². The highest BCUT2D eigenvalue weighted by atomic mass is 28.1. The standard InChI is InChI=1S/C5H13NSi/c1-5(7)4-6(2)3/h4H,1-3,7H3/b5-4+. The van der Waals surface area contributed by atoms with Gasteiger partial charge in [0.1, 0.15) is 0 Å². The summed E-state index contributed by atoms with van der Waals surface area (Å²) in [6, 6.07) is 0. The highest BCUT2D eigenvalue weighted by molar-refractivity contribution is 6.21. The topological polar surface area (TPSA) is 3.24 Å². The van der Waals surface area contributed by atoms with Crippen LogP contribution in [0, 0.1) is 0 Å². The third-order valence-corrected chi connectivity index (χ3v) is 0.775. The van der Waals surface area contributed by atoms with Gasteiger partial charge in [0.25, 0.3) is 0 Å². The van der Waals surface area contributed by atoms with Gasteiger partial charge < -0.3 is 4.90 Å². The van der Waals surface area contributed by atoms with Gasteiger partial charge in [-0.25, -0.2) is 0 Å². The Kier molecular flexibility index (Phi) is 2.75. The monoisotopic (exact) mass is 115 g/mol. The number of allylic oxidation sites excluding steroid dienone is 1. The summed E-state index contributed by atoms with van der Waals surface area (Å²) in [5, 5.41) is 1.48. The van der Waals surface area contributed by atoms with Crippen LogP contribution in [-0.4, -0.2) is 29.2 Å². The van der Waals surface area contributed by atoms with Crippen molar-refractivity contribution < 1.29 is 0 Å². The van der Waals surface area contributed by atoms with Crippen molar-refractivity contribution in [1.82, 2.24) is 4.90 Å². The van der Waals surface area contributed by atoms with Crippen molar-refractivity contribution >= 4 is 10.2 Å². The summed E-state index contributed by atoms with van der Waals surface area (Å²) in [4.78, 5) is 2.07.